The van der Waals surface area contributed by atoms with E-state index in [0.29, 0.717) is 5.75 Å². The Morgan fingerprint density at radius 3 is 2.77 bits per heavy atom. The highest BCUT2D eigenvalue weighted by Gasteiger charge is 2.10. The zero-order valence-corrected chi connectivity index (χ0v) is 13.7. The van der Waals surface area contributed by atoms with Crippen LogP contribution >= 0.6 is 15.9 Å². The lowest BCUT2D eigenvalue weighted by Crippen LogP contribution is -2.25. The Hall–Kier alpha value is -1.88. The fraction of sp³-hybridized carbons (Fsp3) is 0.294. The number of carbonyl (C=O) groups is 1. The van der Waals surface area contributed by atoms with Gasteiger partial charge in [-0.15, -0.1) is 0 Å². The van der Waals surface area contributed by atoms with Crippen LogP contribution in [0.15, 0.2) is 46.0 Å². The summed E-state index contributed by atoms with van der Waals surface area (Å²) in [6, 6.07) is 11.9. The number of fused-ring (bicyclic) bond motifs is 1. The number of halogens is 1. The molecule has 0 bridgehead atoms. The van der Waals surface area contributed by atoms with E-state index < -0.39 is 0 Å². The summed E-state index contributed by atoms with van der Waals surface area (Å²) in [4.78, 5) is 11.8. The number of hydrazone groups is 1. The minimum atomic E-state index is -0.237. The number of amides is 1. The number of hydrogen-bond acceptors (Lipinski definition) is 3. The molecule has 1 N–H and O–H groups in total. The highest BCUT2D eigenvalue weighted by Crippen LogP contribution is 2.32. The van der Waals surface area contributed by atoms with Gasteiger partial charge in [-0.3, -0.25) is 4.79 Å². The SMILES string of the molecule is O=C(COc1ccc2ccccc2c1Br)NN=C1CCCC1. The van der Waals surface area contributed by atoms with Crippen LogP contribution in [0.3, 0.4) is 0 Å². The second-order valence-electron chi connectivity index (χ2n) is 5.31. The summed E-state index contributed by atoms with van der Waals surface area (Å²) >= 11 is 3.54. The van der Waals surface area contributed by atoms with Gasteiger partial charge >= 0.3 is 0 Å². The Morgan fingerprint density at radius 1 is 1.18 bits per heavy atom. The smallest absolute Gasteiger partial charge is 0.277 e. The molecular formula is C17H17BrN2O2. The van der Waals surface area contributed by atoms with Crippen molar-refractivity contribution in [1.29, 1.82) is 0 Å². The highest BCUT2D eigenvalue weighted by molar-refractivity contribution is 9.10. The summed E-state index contributed by atoms with van der Waals surface area (Å²) in [5.74, 6) is 0.418. The number of hydrogen-bond donors (Lipinski definition) is 1. The van der Waals surface area contributed by atoms with Gasteiger partial charge in [-0.2, -0.15) is 5.10 Å². The molecule has 5 heteroatoms. The Morgan fingerprint density at radius 2 is 1.95 bits per heavy atom. The normalized spacial score (nSPS) is 14.1. The predicted octanol–water partition coefficient (Wildman–Crippen LogP) is 4.03. The van der Waals surface area contributed by atoms with Crippen LogP contribution in [0.4, 0.5) is 0 Å². The standard InChI is InChI=1S/C17H17BrN2O2/c18-17-14-8-4-1-5-12(14)9-10-15(17)22-11-16(21)20-19-13-6-2-3-7-13/h1,4-5,8-10H,2-3,6-7,11H2,(H,20,21). The van der Waals surface area contributed by atoms with Crippen molar-refractivity contribution in [3.05, 3.63) is 40.9 Å². The van der Waals surface area contributed by atoms with E-state index in [2.05, 4.69) is 26.5 Å². The molecule has 0 saturated heterocycles. The molecule has 0 aliphatic heterocycles. The van der Waals surface area contributed by atoms with Gasteiger partial charge in [-0.1, -0.05) is 30.3 Å². The fourth-order valence-electron chi connectivity index (χ4n) is 2.54. The van der Waals surface area contributed by atoms with E-state index in [1.165, 1.54) is 0 Å². The number of benzene rings is 2. The van der Waals surface area contributed by atoms with E-state index in [1.807, 2.05) is 36.4 Å². The summed E-state index contributed by atoms with van der Waals surface area (Å²) in [7, 11) is 0. The van der Waals surface area contributed by atoms with Gasteiger partial charge in [0.2, 0.25) is 0 Å². The van der Waals surface area contributed by atoms with Crippen molar-refractivity contribution in [3.8, 4) is 5.75 Å². The van der Waals surface area contributed by atoms with Gasteiger partial charge in [0.05, 0.1) is 4.47 Å². The van der Waals surface area contributed by atoms with Gasteiger partial charge in [0, 0.05) is 5.71 Å². The van der Waals surface area contributed by atoms with Crippen LogP contribution in [0, 0.1) is 0 Å². The van der Waals surface area contributed by atoms with Gasteiger partial charge in [0.15, 0.2) is 6.61 Å². The molecule has 2 aromatic rings. The molecule has 1 aliphatic rings. The minimum absolute atomic E-state index is 0.0479. The quantitative estimate of drug-likeness (QED) is 0.836. The monoisotopic (exact) mass is 360 g/mol. The first-order valence-electron chi connectivity index (χ1n) is 7.38. The van der Waals surface area contributed by atoms with Gasteiger partial charge in [0.1, 0.15) is 5.75 Å². The van der Waals surface area contributed by atoms with Crippen molar-refractivity contribution in [3.63, 3.8) is 0 Å². The summed E-state index contributed by atoms with van der Waals surface area (Å²) in [6.07, 6.45) is 4.29. The molecule has 1 fully saturated rings. The Balaban J connectivity index is 1.62. The molecule has 4 nitrogen and oxygen atoms in total. The lowest BCUT2D eigenvalue weighted by molar-refractivity contribution is -0.123. The maximum atomic E-state index is 11.8. The highest BCUT2D eigenvalue weighted by atomic mass is 79.9. The summed E-state index contributed by atoms with van der Waals surface area (Å²) in [5.41, 5.74) is 3.63. The summed E-state index contributed by atoms with van der Waals surface area (Å²) < 4.78 is 6.46. The molecule has 2 aromatic carbocycles. The first-order chi connectivity index (χ1) is 10.7. The van der Waals surface area contributed by atoms with Crippen molar-refractivity contribution < 1.29 is 9.53 Å². The molecule has 0 heterocycles. The first-order valence-corrected chi connectivity index (χ1v) is 8.17. The van der Waals surface area contributed by atoms with Gasteiger partial charge in [-0.05, 0) is 58.5 Å². The molecule has 3 rings (SSSR count). The molecule has 22 heavy (non-hydrogen) atoms. The third kappa shape index (κ3) is 3.47. The molecule has 114 valence electrons. The van der Waals surface area contributed by atoms with Gasteiger partial charge in [-0.25, -0.2) is 5.43 Å². The van der Waals surface area contributed by atoms with Crippen molar-refractivity contribution in [2.75, 3.05) is 6.61 Å². The van der Waals surface area contributed by atoms with Crippen LogP contribution in [0.25, 0.3) is 10.8 Å². The average Bonchev–Trinajstić information content (AvgIpc) is 3.06. The molecular weight excluding hydrogens is 344 g/mol. The second kappa shape index (κ2) is 6.92. The molecule has 1 saturated carbocycles. The summed E-state index contributed by atoms with van der Waals surface area (Å²) in [6.45, 7) is -0.0479. The van der Waals surface area contributed by atoms with Crippen LogP contribution < -0.4 is 10.2 Å². The average molecular weight is 361 g/mol. The predicted molar refractivity (Wildman–Crippen MR) is 91.2 cm³/mol. The Bertz CT molecular complexity index is 720. The van der Waals surface area contributed by atoms with Crippen LogP contribution in [0.1, 0.15) is 25.7 Å². The van der Waals surface area contributed by atoms with Gasteiger partial charge < -0.3 is 4.74 Å². The topological polar surface area (TPSA) is 50.7 Å². The molecule has 0 aromatic heterocycles. The van der Waals surface area contributed by atoms with E-state index in [-0.39, 0.29) is 12.5 Å². The van der Waals surface area contributed by atoms with Crippen molar-refractivity contribution >= 4 is 38.3 Å². The molecule has 1 aliphatic carbocycles. The number of ether oxygens (including phenoxy) is 1. The maximum absolute atomic E-state index is 11.8. The van der Waals surface area contributed by atoms with Crippen LogP contribution in [-0.2, 0) is 4.79 Å². The lowest BCUT2D eigenvalue weighted by Gasteiger charge is -2.09. The van der Waals surface area contributed by atoms with Crippen molar-refractivity contribution in [2.45, 2.75) is 25.7 Å². The van der Waals surface area contributed by atoms with E-state index in [4.69, 9.17) is 4.74 Å². The van der Waals surface area contributed by atoms with E-state index in [9.17, 15) is 4.79 Å². The van der Waals surface area contributed by atoms with Crippen molar-refractivity contribution in [2.24, 2.45) is 5.10 Å². The molecule has 0 radical (unpaired) electrons. The van der Waals surface area contributed by atoms with Crippen LogP contribution in [-0.4, -0.2) is 18.2 Å². The maximum Gasteiger partial charge on any atom is 0.277 e. The number of nitrogens with zero attached hydrogens (tertiary/aromatic N) is 1. The second-order valence-corrected chi connectivity index (χ2v) is 6.10. The van der Waals surface area contributed by atoms with E-state index >= 15 is 0 Å². The van der Waals surface area contributed by atoms with E-state index in [1.54, 1.807) is 0 Å². The molecule has 0 atom stereocenters. The number of nitrogens with one attached hydrogen (secondary N) is 1. The van der Waals surface area contributed by atoms with E-state index in [0.717, 1.165) is 46.6 Å². The molecule has 0 spiro atoms. The zero-order valence-electron chi connectivity index (χ0n) is 12.1. The first kappa shape index (κ1) is 15.0. The number of carbonyl (C=O) groups excluding carboxylic acids is 1. The minimum Gasteiger partial charge on any atom is -0.483 e. The van der Waals surface area contributed by atoms with Crippen molar-refractivity contribution in [1.82, 2.24) is 5.43 Å². The van der Waals surface area contributed by atoms with Gasteiger partial charge in [0.25, 0.3) is 5.91 Å². The third-order valence-electron chi connectivity index (χ3n) is 3.71. The molecule has 0 unspecified atom stereocenters. The zero-order chi connectivity index (χ0) is 15.4. The number of rotatable bonds is 4. The van der Waals surface area contributed by atoms with Crippen LogP contribution in [0.2, 0.25) is 0 Å². The Labute approximate surface area is 137 Å². The fourth-order valence-corrected chi connectivity index (χ4v) is 3.14. The molecule has 1 amide bonds. The Kier molecular flexibility index (Phi) is 4.73. The summed E-state index contributed by atoms with van der Waals surface area (Å²) in [5, 5.41) is 6.32. The lowest BCUT2D eigenvalue weighted by atomic mass is 10.1. The van der Waals surface area contributed by atoms with Crippen LogP contribution in [0.5, 0.6) is 5.75 Å². The largest absolute Gasteiger partial charge is 0.483 e. The third-order valence-corrected chi connectivity index (χ3v) is 4.52.